The van der Waals surface area contributed by atoms with Crippen molar-refractivity contribution in [3.8, 4) is 0 Å². The van der Waals surface area contributed by atoms with Gasteiger partial charge in [0.2, 0.25) is 5.91 Å². The topological polar surface area (TPSA) is 41.1 Å². The molecule has 0 aromatic heterocycles. The zero-order valence-corrected chi connectivity index (χ0v) is 12.9. The van der Waals surface area contributed by atoms with Gasteiger partial charge in [0.05, 0.1) is 0 Å². The van der Waals surface area contributed by atoms with Crippen molar-refractivity contribution in [2.45, 2.75) is 76.8 Å². The number of fused-ring (bicyclic) bond motifs is 2. The van der Waals surface area contributed by atoms with Crippen molar-refractivity contribution in [1.82, 2.24) is 10.6 Å². The molecule has 0 aliphatic heterocycles. The molecule has 2 N–H and O–H groups in total. The summed E-state index contributed by atoms with van der Waals surface area (Å²) in [5.74, 6) is 2.85. The van der Waals surface area contributed by atoms with Crippen LogP contribution in [0.4, 0.5) is 0 Å². The predicted molar refractivity (Wildman–Crippen MR) is 81.4 cm³/mol. The molecule has 2 bridgehead atoms. The van der Waals surface area contributed by atoms with E-state index in [9.17, 15) is 4.79 Å². The van der Waals surface area contributed by atoms with Gasteiger partial charge in [0.25, 0.3) is 0 Å². The van der Waals surface area contributed by atoms with Crippen LogP contribution in [0.3, 0.4) is 0 Å². The number of carbonyl (C=O) groups is 1. The molecule has 20 heavy (non-hydrogen) atoms. The van der Waals surface area contributed by atoms with Crippen LogP contribution in [-0.2, 0) is 4.79 Å². The summed E-state index contributed by atoms with van der Waals surface area (Å²) in [6.07, 6.45) is 11.1. The molecule has 0 aromatic rings. The highest BCUT2D eigenvalue weighted by atomic mass is 16.1. The van der Waals surface area contributed by atoms with Crippen LogP contribution >= 0.6 is 0 Å². The van der Waals surface area contributed by atoms with Gasteiger partial charge in [-0.15, -0.1) is 0 Å². The lowest BCUT2D eigenvalue weighted by Crippen LogP contribution is -2.42. The van der Waals surface area contributed by atoms with Gasteiger partial charge < -0.3 is 10.6 Å². The van der Waals surface area contributed by atoms with Crippen molar-refractivity contribution in [3.63, 3.8) is 0 Å². The number of amides is 1. The summed E-state index contributed by atoms with van der Waals surface area (Å²) >= 11 is 0. The van der Waals surface area contributed by atoms with Crippen molar-refractivity contribution in [2.75, 3.05) is 6.54 Å². The van der Waals surface area contributed by atoms with E-state index in [-0.39, 0.29) is 0 Å². The zero-order valence-electron chi connectivity index (χ0n) is 12.9. The van der Waals surface area contributed by atoms with Gasteiger partial charge >= 0.3 is 0 Å². The summed E-state index contributed by atoms with van der Waals surface area (Å²) in [5.41, 5.74) is 0. The molecule has 3 saturated carbocycles. The van der Waals surface area contributed by atoms with Gasteiger partial charge in [-0.2, -0.15) is 0 Å². The second kappa shape index (κ2) is 6.46. The molecule has 0 spiro atoms. The Kier molecular flexibility index (Phi) is 4.65. The van der Waals surface area contributed by atoms with E-state index in [1.807, 2.05) is 0 Å². The SMILES string of the molecule is CCNC1CCC(NC(=O)CC2CC3CCC2C3)CC1. The first-order valence-electron chi connectivity index (χ1n) is 8.77. The lowest BCUT2D eigenvalue weighted by Gasteiger charge is -2.30. The molecule has 3 fully saturated rings. The predicted octanol–water partition coefficient (Wildman–Crippen LogP) is 2.85. The maximum Gasteiger partial charge on any atom is 0.220 e. The lowest BCUT2D eigenvalue weighted by molar-refractivity contribution is -0.123. The van der Waals surface area contributed by atoms with Crippen LogP contribution in [-0.4, -0.2) is 24.5 Å². The van der Waals surface area contributed by atoms with E-state index < -0.39 is 0 Å². The monoisotopic (exact) mass is 278 g/mol. The van der Waals surface area contributed by atoms with Crippen LogP contribution < -0.4 is 10.6 Å². The van der Waals surface area contributed by atoms with E-state index >= 15 is 0 Å². The number of hydrogen-bond donors (Lipinski definition) is 2. The molecule has 1 amide bonds. The fourth-order valence-corrected chi connectivity index (χ4v) is 4.88. The summed E-state index contributed by atoms with van der Waals surface area (Å²) in [7, 11) is 0. The number of rotatable bonds is 5. The fourth-order valence-electron chi connectivity index (χ4n) is 4.88. The molecular weight excluding hydrogens is 248 g/mol. The molecule has 3 atom stereocenters. The first-order valence-corrected chi connectivity index (χ1v) is 8.77. The lowest BCUT2D eigenvalue weighted by atomic mass is 9.86. The van der Waals surface area contributed by atoms with Crippen LogP contribution in [0.25, 0.3) is 0 Å². The summed E-state index contributed by atoms with van der Waals surface area (Å²) < 4.78 is 0. The van der Waals surface area contributed by atoms with Gasteiger partial charge in [0.1, 0.15) is 0 Å². The van der Waals surface area contributed by atoms with Gasteiger partial charge in [0.15, 0.2) is 0 Å². The Balaban J connectivity index is 1.37. The second-order valence-corrected chi connectivity index (χ2v) is 7.31. The second-order valence-electron chi connectivity index (χ2n) is 7.31. The zero-order chi connectivity index (χ0) is 13.9. The molecular formula is C17H30N2O. The standard InChI is InChI=1S/C17H30N2O/c1-2-18-15-5-7-16(8-6-15)19-17(20)11-14-10-12-3-4-13(14)9-12/h12-16,18H,2-11H2,1H3,(H,19,20). The van der Waals surface area contributed by atoms with E-state index in [0.29, 0.717) is 23.9 Å². The van der Waals surface area contributed by atoms with Crippen molar-refractivity contribution in [1.29, 1.82) is 0 Å². The van der Waals surface area contributed by atoms with Crippen molar-refractivity contribution in [3.05, 3.63) is 0 Å². The van der Waals surface area contributed by atoms with Gasteiger partial charge in [-0.1, -0.05) is 13.3 Å². The molecule has 3 heteroatoms. The molecule has 3 nitrogen and oxygen atoms in total. The van der Waals surface area contributed by atoms with E-state index in [2.05, 4.69) is 17.6 Å². The minimum atomic E-state index is 0.328. The molecule has 3 aliphatic rings. The summed E-state index contributed by atoms with van der Waals surface area (Å²) in [6, 6.07) is 1.12. The maximum absolute atomic E-state index is 12.2. The van der Waals surface area contributed by atoms with E-state index in [1.165, 1.54) is 38.5 Å². The number of nitrogens with one attached hydrogen (secondary N) is 2. The molecule has 3 aliphatic carbocycles. The third-order valence-corrected chi connectivity index (χ3v) is 5.92. The van der Waals surface area contributed by atoms with Gasteiger partial charge in [0, 0.05) is 18.5 Å². The molecule has 0 saturated heterocycles. The molecule has 0 radical (unpaired) electrons. The molecule has 0 aromatic carbocycles. The highest BCUT2D eigenvalue weighted by Gasteiger charge is 2.40. The number of hydrogen-bond acceptors (Lipinski definition) is 2. The third kappa shape index (κ3) is 3.36. The minimum absolute atomic E-state index is 0.328. The largest absolute Gasteiger partial charge is 0.353 e. The fraction of sp³-hybridized carbons (Fsp3) is 0.941. The van der Waals surface area contributed by atoms with Crippen LogP contribution in [0.2, 0.25) is 0 Å². The first kappa shape index (κ1) is 14.4. The van der Waals surface area contributed by atoms with Gasteiger partial charge in [-0.05, 0) is 69.2 Å². The van der Waals surface area contributed by atoms with Crippen LogP contribution in [0.1, 0.15) is 64.7 Å². The average Bonchev–Trinajstić information content (AvgIpc) is 3.03. The number of carbonyl (C=O) groups excluding carboxylic acids is 1. The van der Waals surface area contributed by atoms with E-state index in [0.717, 1.165) is 37.6 Å². The normalized spacial score (nSPS) is 40.0. The highest BCUT2D eigenvalue weighted by Crippen LogP contribution is 2.49. The minimum Gasteiger partial charge on any atom is -0.353 e. The van der Waals surface area contributed by atoms with Crippen LogP contribution in [0, 0.1) is 17.8 Å². The van der Waals surface area contributed by atoms with E-state index in [1.54, 1.807) is 0 Å². The average molecular weight is 278 g/mol. The highest BCUT2D eigenvalue weighted by molar-refractivity contribution is 5.76. The molecule has 3 rings (SSSR count). The summed E-state index contributed by atoms with van der Waals surface area (Å²) in [6.45, 7) is 3.23. The van der Waals surface area contributed by atoms with Crippen LogP contribution in [0.15, 0.2) is 0 Å². The Hall–Kier alpha value is -0.570. The van der Waals surface area contributed by atoms with Crippen molar-refractivity contribution in [2.24, 2.45) is 17.8 Å². The first-order chi connectivity index (χ1) is 9.74. The smallest absolute Gasteiger partial charge is 0.220 e. The maximum atomic E-state index is 12.2. The quantitative estimate of drug-likeness (QED) is 0.812. The van der Waals surface area contributed by atoms with E-state index in [4.69, 9.17) is 0 Å². The third-order valence-electron chi connectivity index (χ3n) is 5.92. The molecule has 0 heterocycles. The Morgan fingerprint density at radius 2 is 1.75 bits per heavy atom. The Bertz CT molecular complexity index is 336. The Labute approximate surface area is 123 Å². The van der Waals surface area contributed by atoms with Gasteiger partial charge in [-0.3, -0.25) is 4.79 Å². The molecule has 114 valence electrons. The molecule has 3 unspecified atom stereocenters. The van der Waals surface area contributed by atoms with Crippen molar-refractivity contribution >= 4 is 5.91 Å². The van der Waals surface area contributed by atoms with Crippen molar-refractivity contribution < 1.29 is 4.79 Å². The Morgan fingerprint density at radius 1 is 1.00 bits per heavy atom. The Morgan fingerprint density at radius 3 is 2.35 bits per heavy atom. The summed E-state index contributed by atoms with van der Waals surface area (Å²) in [5, 5.41) is 6.82. The van der Waals surface area contributed by atoms with Gasteiger partial charge in [-0.25, -0.2) is 0 Å². The van der Waals surface area contributed by atoms with Crippen LogP contribution in [0.5, 0.6) is 0 Å². The summed E-state index contributed by atoms with van der Waals surface area (Å²) in [4.78, 5) is 12.2.